The molecule has 680 valence electrons. The second kappa shape index (κ2) is 41.9. The Balaban J connectivity index is 0.0000118. The Bertz CT molecular complexity index is 7200. The topological polar surface area (TPSA) is 0 Å². The Morgan fingerprint density at radius 2 is 0.123 bits per heavy atom. The molecule has 0 unspecified atom stereocenters. The summed E-state index contributed by atoms with van der Waals surface area (Å²) in [4.78, 5) is 0. The Kier molecular flexibility index (Phi) is 26.4. The number of hydrogen-bond acceptors (Lipinski definition) is 0. The zero-order valence-corrected chi connectivity index (χ0v) is 83.3. The molecular weight excluding hydrogens is 1760 g/mol. The van der Waals surface area contributed by atoms with E-state index in [1.807, 2.05) is 0 Å². The van der Waals surface area contributed by atoms with Gasteiger partial charge in [0.05, 0.1) is 0 Å². The van der Waals surface area contributed by atoms with Crippen molar-refractivity contribution in [3.05, 3.63) is 607 Å². The smallest absolute Gasteiger partial charge is 0.178 e. The molecule has 0 fully saturated rings. The normalized spacial score (nSPS) is 11.2. The van der Waals surface area contributed by atoms with Crippen LogP contribution in [0.3, 0.4) is 0 Å². The van der Waals surface area contributed by atoms with Gasteiger partial charge in [-0.05, 0) is 223 Å². The van der Waals surface area contributed by atoms with Gasteiger partial charge in [0.15, 0.2) is 0 Å². The second-order valence-electron chi connectivity index (χ2n) is 37.3. The first kappa shape index (κ1) is 92.1. The summed E-state index contributed by atoms with van der Waals surface area (Å²) < 4.78 is 0. The van der Waals surface area contributed by atoms with Gasteiger partial charge in [0.2, 0.25) is 0 Å². The van der Waals surface area contributed by atoms with Crippen LogP contribution in [0.4, 0.5) is 0 Å². The number of rotatable bonds is 24. The van der Waals surface area contributed by atoms with Crippen LogP contribution in [0.25, 0.3) is 223 Å². The molecule has 24 aromatic rings. The van der Waals surface area contributed by atoms with Crippen LogP contribution in [0.5, 0.6) is 0 Å². The Labute approximate surface area is 879 Å². The molecule has 0 aliphatic rings. The first-order valence-electron chi connectivity index (χ1n) is 50.4. The third-order valence-electron chi connectivity index (χ3n) is 29.1. The van der Waals surface area contributed by atoms with Gasteiger partial charge in [0.1, 0.15) is 6.15 Å². The van der Waals surface area contributed by atoms with E-state index in [2.05, 4.69) is 607 Å². The molecule has 0 radical (unpaired) electrons. The third-order valence-corrected chi connectivity index (χ3v) is 29.1. The first-order chi connectivity index (χ1) is 72.2. The van der Waals surface area contributed by atoms with Crippen molar-refractivity contribution < 1.29 is 29.6 Å². The summed E-state index contributed by atoms with van der Waals surface area (Å²) in [7, 11) is 0. The van der Waals surface area contributed by atoms with Crippen LogP contribution >= 0.6 is 0 Å². The third kappa shape index (κ3) is 16.9. The average molecular weight is 1860 g/mol. The monoisotopic (exact) mass is 1860 g/mol. The van der Waals surface area contributed by atoms with Crippen LogP contribution in [0, 0.1) is 0 Å². The maximum Gasteiger partial charge on any atom is 1.00 e. The summed E-state index contributed by atoms with van der Waals surface area (Å²) in [5.41, 5.74) is 45.9. The van der Waals surface area contributed by atoms with E-state index in [1.54, 1.807) is 0 Å². The summed E-state index contributed by atoms with van der Waals surface area (Å²) in [5, 5.41) is 0. The maximum absolute atomic E-state index is 3.80. The number of benzene rings is 24. The molecule has 0 aromatic heterocycles. The summed E-state index contributed by atoms with van der Waals surface area (Å²) in [6.07, 6.45) is -3.80. The van der Waals surface area contributed by atoms with Crippen molar-refractivity contribution in [1.82, 2.24) is 0 Å². The fourth-order valence-electron chi connectivity index (χ4n) is 23.6. The molecule has 0 aliphatic carbocycles. The van der Waals surface area contributed by atoms with Crippen molar-refractivity contribution in [3.63, 3.8) is 0 Å². The predicted octanol–water partition coefficient (Wildman–Crippen LogP) is 33.4. The molecule has 0 N–H and O–H groups in total. The zero-order valence-electron chi connectivity index (χ0n) is 81.3. The summed E-state index contributed by atoms with van der Waals surface area (Å²) in [6.45, 7) is 0. The van der Waals surface area contributed by atoms with Gasteiger partial charge in [-0.3, -0.25) is 0 Å². The van der Waals surface area contributed by atoms with E-state index in [4.69, 9.17) is 0 Å². The van der Waals surface area contributed by atoms with Crippen LogP contribution < -0.4 is 51.4 Å². The molecule has 0 saturated heterocycles. The molecule has 0 amide bonds. The van der Waals surface area contributed by atoms with E-state index >= 15 is 0 Å². The van der Waals surface area contributed by atoms with Gasteiger partial charge in [-0.25, -0.2) is 0 Å². The Hall–Kier alpha value is -17.7. The Morgan fingerprint density at radius 1 is 0.0685 bits per heavy atom. The SMILES string of the molecule is [Na+].c1ccc(-c2c(-c3ccccc3)c(-c3ccccc3)c([B-](c3c(-c4ccccc4)c(-c4ccccc4)c(-c4ccccc4)c(-c4ccccc4)c3-c3ccccc3)(c3c(-c4ccccc4)c(-c4ccccc4)c(-c4ccccc4)c(-c4ccccc4)c3-c3ccccc3)c3c(-c4ccccc4)c(-c4ccccc4)c(-c4ccccc4)c(-c4ccccc4)c3-c3ccccc3)c(-c3ccccc3)c2-c2ccccc2)cc1. The van der Waals surface area contributed by atoms with Crippen molar-refractivity contribution in [1.29, 1.82) is 0 Å². The van der Waals surface area contributed by atoms with E-state index in [0.717, 1.165) is 244 Å². The van der Waals surface area contributed by atoms with Gasteiger partial charge < -0.3 is 0 Å². The minimum Gasteiger partial charge on any atom is -0.178 e. The first-order valence-corrected chi connectivity index (χ1v) is 50.4. The van der Waals surface area contributed by atoms with Crippen LogP contribution in [0.2, 0.25) is 0 Å². The Morgan fingerprint density at radius 3 is 0.192 bits per heavy atom. The van der Waals surface area contributed by atoms with Crippen LogP contribution in [-0.2, 0) is 0 Å². The van der Waals surface area contributed by atoms with Gasteiger partial charge >= 0.3 is 29.6 Å². The van der Waals surface area contributed by atoms with E-state index in [0.29, 0.717) is 0 Å². The van der Waals surface area contributed by atoms with Crippen molar-refractivity contribution in [2.75, 3.05) is 0 Å². The van der Waals surface area contributed by atoms with Crippen LogP contribution in [0.1, 0.15) is 0 Å². The summed E-state index contributed by atoms with van der Waals surface area (Å²) >= 11 is 0. The van der Waals surface area contributed by atoms with Gasteiger partial charge in [0, 0.05) is 0 Å². The molecule has 24 aromatic carbocycles. The van der Waals surface area contributed by atoms with E-state index in [-0.39, 0.29) is 29.6 Å². The number of hydrogen-bond donors (Lipinski definition) is 0. The molecule has 2 heteroatoms. The molecule has 24 rings (SSSR count). The molecule has 0 saturated carbocycles. The fraction of sp³-hybridized carbons (Fsp3) is 0. The molecule has 0 aliphatic heterocycles. The maximum atomic E-state index is 2.45. The molecule has 0 nitrogen and oxygen atoms in total. The predicted molar refractivity (Wildman–Crippen MR) is 619 cm³/mol. The van der Waals surface area contributed by atoms with Crippen molar-refractivity contribution >= 4 is 28.0 Å². The standard InChI is InChI=1S/C144H100B.Na/c1-21-61-101(62-22-1)121-125(105-69-29-5-30-70-105)133(113-85-45-13-46-86-113)141(134(114-87-47-14-48-88-114)126(121)106-71-31-6-32-72-106)145(142-135(115-89-49-15-50-90-115)127(107-73-33-7-34-74-107)122(102-63-23-2-24-64-102)128(108-75-35-8-36-76-108)136(142)116-91-51-16-52-92-116,143-137(117-93-53-17-54-94-117)129(109-77-37-9-38-78-109)123(103-65-25-3-26-66-103)130(110-79-39-10-40-80-110)138(143)118-95-55-18-56-96-118)144-139(119-97-57-19-58-98-119)131(111-81-41-11-42-82-111)124(104-67-27-4-28-68-104)132(112-83-43-12-44-84-112)140(144)120-99-59-20-60-100-120;/h1-100H;/q-1;+1. The zero-order chi connectivity index (χ0) is 96.6. The van der Waals surface area contributed by atoms with Gasteiger partial charge in [-0.1, -0.05) is 607 Å². The van der Waals surface area contributed by atoms with Crippen molar-refractivity contribution in [2.24, 2.45) is 0 Å². The minimum atomic E-state index is -3.80. The molecule has 0 atom stereocenters. The molecule has 0 spiro atoms. The van der Waals surface area contributed by atoms with Gasteiger partial charge in [-0.15, -0.1) is 0 Å². The van der Waals surface area contributed by atoms with Crippen molar-refractivity contribution in [3.8, 4) is 223 Å². The van der Waals surface area contributed by atoms with E-state index in [9.17, 15) is 0 Å². The second-order valence-corrected chi connectivity index (χ2v) is 37.3. The quantitative estimate of drug-likeness (QED) is 0.0529. The average Bonchev–Trinajstić information content (AvgIpc) is 0.649. The van der Waals surface area contributed by atoms with Gasteiger partial charge in [-0.2, -0.15) is 21.9 Å². The molecule has 0 heterocycles. The fourth-order valence-corrected chi connectivity index (χ4v) is 23.6. The van der Waals surface area contributed by atoms with Crippen LogP contribution in [-0.4, -0.2) is 6.15 Å². The molecule has 0 bridgehead atoms. The molecular formula is C144H100BNa. The van der Waals surface area contributed by atoms with Crippen molar-refractivity contribution in [2.45, 2.75) is 0 Å². The van der Waals surface area contributed by atoms with E-state index < -0.39 is 6.15 Å². The van der Waals surface area contributed by atoms with E-state index in [1.165, 1.54) is 0 Å². The summed E-state index contributed by atoms with van der Waals surface area (Å²) in [6, 6.07) is 232. The molecule has 146 heavy (non-hydrogen) atoms. The minimum absolute atomic E-state index is 0. The van der Waals surface area contributed by atoms with Gasteiger partial charge in [0.25, 0.3) is 0 Å². The van der Waals surface area contributed by atoms with Crippen LogP contribution in [0.15, 0.2) is 607 Å². The largest absolute Gasteiger partial charge is 1.00 e. The summed E-state index contributed by atoms with van der Waals surface area (Å²) in [5.74, 6) is 0.